The highest BCUT2D eigenvalue weighted by atomic mass is 32.2. The summed E-state index contributed by atoms with van der Waals surface area (Å²) in [7, 11) is -2.16. The first-order valence-corrected chi connectivity index (χ1v) is 10.4. The highest BCUT2D eigenvalue weighted by Crippen LogP contribution is 2.33. The molecular weight excluding hydrogens is 364 g/mol. The van der Waals surface area contributed by atoms with Crippen molar-refractivity contribution in [1.29, 1.82) is 0 Å². The molecule has 0 heterocycles. The molecule has 27 heavy (non-hydrogen) atoms. The van der Waals surface area contributed by atoms with E-state index < -0.39 is 15.9 Å². The van der Waals surface area contributed by atoms with Gasteiger partial charge in [0.2, 0.25) is 15.9 Å². The van der Waals surface area contributed by atoms with Crippen molar-refractivity contribution in [1.82, 2.24) is 0 Å². The number of anilines is 2. The fourth-order valence-corrected chi connectivity index (χ4v) is 3.64. The van der Waals surface area contributed by atoms with E-state index in [1.807, 2.05) is 32.9 Å². The summed E-state index contributed by atoms with van der Waals surface area (Å²) in [6.07, 6.45) is 1.10. The highest BCUT2D eigenvalue weighted by molar-refractivity contribution is 7.92. The van der Waals surface area contributed by atoms with Crippen LogP contribution in [0.3, 0.4) is 0 Å². The molecule has 0 atom stereocenters. The van der Waals surface area contributed by atoms with Crippen LogP contribution in [-0.4, -0.2) is 34.2 Å². The van der Waals surface area contributed by atoms with Gasteiger partial charge in [-0.1, -0.05) is 51.1 Å². The number of amides is 1. The Labute approximate surface area is 161 Å². The predicted molar refractivity (Wildman–Crippen MR) is 109 cm³/mol. The van der Waals surface area contributed by atoms with Gasteiger partial charge in [0.1, 0.15) is 12.3 Å². The van der Waals surface area contributed by atoms with Crippen LogP contribution in [0.25, 0.3) is 0 Å². The molecule has 6 nitrogen and oxygen atoms in total. The average molecular weight is 391 g/mol. The van der Waals surface area contributed by atoms with Crippen LogP contribution in [0, 0.1) is 0 Å². The number of hydrogen-bond acceptors (Lipinski definition) is 4. The zero-order chi connectivity index (χ0) is 20.2. The Bertz CT molecular complexity index is 918. The van der Waals surface area contributed by atoms with Crippen molar-refractivity contribution in [2.45, 2.75) is 26.2 Å². The molecule has 0 aliphatic carbocycles. The lowest BCUT2D eigenvalue weighted by atomic mass is 9.86. The number of carbonyl (C=O) groups excluding carboxylic acids is 1. The third kappa shape index (κ3) is 5.23. The number of benzene rings is 2. The minimum atomic E-state index is -3.66. The molecule has 0 saturated heterocycles. The number of methoxy groups -OCH3 is 1. The van der Waals surface area contributed by atoms with Gasteiger partial charge in [-0.15, -0.1) is 0 Å². The normalized spacial score (nSPS) is 11.7. The van der Waals surface area contributed by atoms with E-state index in [2.05, 4.69) is 5.32 Å². The molecule has 0 aliphatic rings. The summed E-state index contributed by atoms with van der Waals surface area (Å²) in [5.41, 5.74) is 1.56. The standard InChI is InChI=1S/C20H26N2O4S/c1-20(2,3)15-10-6-8-12-17(15)22(27(5,24)25)14-19(23)21-16-11-7-9-13-18(16)26-4/h6-13H,14H2,1-5H3,(H,21,23). The van der Waals surface area contributed by atoms with Gasteiger partial charge in [-0.05, 0) is 29.2 Å². The number of hydrogen-bond donors (Lipinski definition) is 1. The van der Waals surface area contributed by atoms with Crippen LogP contribution in [0.15, 0.2) is 48.5 Å². The van der Waals surface area contributed by atoms with Crippen molar-refractivity contribution in [3.05, 3.63) is 54.1 Å². The van der Waals surface area contributed by atoms with Crippen LogP contribution in [0.1, 0.15) is 26.3 Å². The number of ether oxygens (including phenoxy) is 1. The fraction of sp³-hybridized carbons (Fsp3) is 0.350. The Kier molecular flexibility index (Phi) is 6.15. The highest BCUT2D eigenvalue weighted by Gasteiger charge is 2.27. The SMILES string of the molecule is COc1ccccc1NC(=O)CN(c1ccccc1C(C)(C)C)S(C)(=O)=O. The van der Waals surface area contributed by atoms with E-state index in [1.165, 1.54) is 7.11 Å². The van der Waals surface area contributed by atoms with Crippen LogP contribution in [0.5, 0.6) is 5.75 Å². The maximum atomic E-state index is 12.6. The first-order valence-electron chi connectivity index (χ1n) is 8.54. The average Bonchev–Trinajstić information content (AvgIpc) is 2.58. The molecule has 146 valence electrons. The van der Waals surface area contributed by atoms with Gasteiger partial charge in [0, 0.05) is 0 Å². The molecule has 1 N–H and O–H groups in total. The lowest BCUT2D eigenvalue weighted by Gasteiger charge is -2.29. The van der Waals surface area contributed by atoms with Crippen LogP contribution >= 0.6 is 0 Å². The smallest absolute Gasteiger partial charge is 0.245 e. The largest absolute Gasteiger partial charge is 0.495 e. The van der Waals surface area contributed by atoms with Crippen molar-refractivity contribution in [2.24, 2.45) is 0 Å². The number of para-hydroxylation sites is 3. The van der Waals surface area contributed by atoms with E-state index in [0.717, 1.165) is 16.1 Å². The lowest BCUT2D eigenvalue weighted by Crippen LogP contribution is -2.38. The first kappa shape index (κ1) is 20.8. The molecule has 7 heteroatoms. The second-order valence-electron chi connectivity index (χ2n) is 7.29. The maximum Gasteiger partial charge on any atom is 0.245 e. The fourth-order valence-electron chi connectivity index (χ4n) is 2.77. The Hall–Kier alpha value is -2.54. The topological polar surface area (TPSA) is 75.7 Å². The molecule has 1 amide bonds. The van der Waals surface area contributed by atoms with Crippen molar-refractivity contribution in [3.63, 3.8) is 0 Å². The van der Waals surface area contributed by atoms with Gasteiger partial charge in [0.25, 0.3) is 0 Å². The summed E-state index contributed by atoms with van der Waals surface area (Å²) < 4.78 is 31.2. The van der Waals surface area contributed by atoms with Crippen molar-refractivity contribution in [2.75, 3.05) is 29.5 Å². The molecule has 2 aromatic rings. The number of nitrogens with one attached hydrogen (secondary N) is 1. The van der Waals surface area contributed by atoms with Gasteiger partial charge < -0.3 is 10.1 Å². The zero-order valence-corrected chi connectivity index (χ0v) is 17.1. The molecule has 2 aromatic carbocycles. The number of carbonyl (C=O) groups is 1. The summed E-state index contributed by atoms with van der Waals surface area (Å²) in [6, 6.07) is 14.2. The number of rotatable bonds is 6. The van der Waals surface area contributed by atoms with E-state index >= 15 is 0 Å². The molecule has 0 spiro atoms. The maximum absolute atomic E-state index is 12.6. The Morgan fingerprint density at radius 2 is 1.67 bits per heavy atom. The number of nitrogens with zero attached hydrogens (tertiary/aromatic N) is 1. The quantitative estimate of drug-likeness (QED) is 0.820. The van der Waals surface area contributed by atoms with Crippen LogP contribution in [0.4, 0.5) is 11.4 Å². The van der Waals surface area contributed by atoms with E-state index in [-0.39, 0.29) is 12.0 Å². The lowest BCUT2D eigenvalue weighted by molar-refractivity contribution is -0.114. The van der Waals surface area contributed by atoms with Crippen LogP contribution in [0.2, 0.25) is 0 Å². The minimum Gasteiger partial charge on any atom is -0.495 e. The Morgan fingerprint density at radius 1 is 1.07 bits per heavy atom. The van der Waals surface area contributed by atoms with E-state index in [0.29, 0.717) is 17.1 Å². The van der Waals surface area contributed by atoms with Gasteiger partial charge in [0.05, 0.1) is 24.7 Å². The molecule has 0 bridgehead atoms. The van der Waals surface area contributed by atoms with Gasteiger partial charge in [-0.25, -0.2) is 8.42 Å². The van der Waals surface area contributed by atoms with Gasteiger partial charge in [0.15, 0.2) is 0 Å². The minimum absolute atomic E-state index is 0.279. The summed E-state index contributed by atoms with van der Waals surface area (Å²) in [4.78, 5) is 12.6. The predicted octanol–water partition coefficient (Wildman–Crippen LogP) is 3.40. The van der Waals surface area contributed by atoms with Crippen molar-refractivity contribution in [3.8, 4) is 5.75 Å². The summed E-state index contributed by atoms with van der Waals surface area (Å²) >= 11 is 0. The molecular formula is C20H26N2O4S. The van der Waals surface area contributed by atoms with Gasteiger partial charge in [-0.3, -0.25) is 9.10 Å². The van der Waals surface area contributed by atoms with Gasteiger partial charge >= 0.3 is 0 Å². The van der Waals surface area contributed by atoms with E-state index in [4.69, 9.17) is 4.74 Å². The van der Waals surface area contributed by atoms with E-state index in [9.17, 15) is 13.2 Å². The van der Waals surface area contributed by atoms with Crippen molar-refractivity contribution >= 4 is 27.3 Å². The molecule has 0 aliphatic heterocycles. The summed E-state index contributed by atoms with van der Waals surface area (Å²) in [5, 5.41) is 2.72. The Morgan fingerprint density at radius 3 is 2.26 bits per heavy atom. The second-order valence-corrected chi connectivity index (χ2v) is 9.19. The van der Waals surface area contributed by atoms with Gasteiger partial charge in [-0.2, -0.15) is 0 Å². The van der Waals surface area contributed by atoms with Crippen molar-refractivity contribution < 1.29 is 17.9 Å². The molecule has 2 rings (SSSR count). The third-order valence-corrected chi connectivity index (χ3v) is 5.18. The monoisotopic (exact) mass is 390 g/mol. The summed E-state index contributed by atoms with van der Waals surface area (Å²) in [6.45, 7) is 5.67. The molecule has 0 fully saturated rings. The van der Waals surface area contributed by atoms with Crippen LogP contribution in [-0.2, 0) is 20.2 Å². The molecule has 0 aromatic heterocycles. The second kappa shape index (κ2) is 8.00. The molecule has 0 saturated carbocycles. The molecule has 0 unspecified atom stereocenters. The third-order valence-electron chi connectivity index (χ3n) is 4.05. The van der Waals surface area contributed by atoms with E-state index in [1.54, 1.807) is 36.4 Å². The number of sulfonamides is 1. The molecule has 0 radical (unpaired) electrons. The zero-order valence-electron chi connectivity index (χ0n) is 16.3. The summed E-state index contributed by atoms with van der Waals surface area (Å²) in [5.74, 6) is 0.0560. The Balaban J connectivity index is 2.36. The van der Waals surface area contributed by atoms with Crippen LogP contribution < -0.4 is 14.4 Å². The first-order chi connectivity index (χ1) is 12.5.